The van der Waals surface area contributed by atoms with Crippen LogP contribution in [0, 0.1) is 5.92 Å². The standard InChI is InChI=1S/C19H23N3O6/c23-17(20-9-12-3-5-26-6-4-12)8-14-18(24)22(19(25)21-14)10-13-1-2-15-16(7-13)28-11-27-15/h1-2,7,12,14H,3-6,8-11H2,(H,20,23)(H,21,25)/t14-/m0/s1. The lowest BCUT2D eigenvalue weighted by Crippen LogP contribution is -2.38. The van der Waals surface area contributed by atoms with Gasteiger partial charge < -0.3 is 24.8 Å². The van der Waals surface area contributed by atoms with E-state index in [1.807, 2.05) is 0 Å². The number of imide groups is 1. The molecule has 1 aromatic carbocycles. The molecule has 0 saturated carbocycles. The molecular formula is C19H23N3O6. The maximum absolute atomic E-state index is 12.6. The number of amides is 4. The second-order valence-corrected chi connectivity index (χ2v) is 7.18. The highest BCUT2D eigenvalue weighted by molar-refractivity contribution is 6.05. The Morgan fingerprint density at radius 2 is 1.96 bits per heavy atom. The molecule has 1 aromatic rings. The first-order valence-electron chi connectivity index (χ1n) is 9.45. The maximum Gasteiger partial charge on any atom is 0.325 e. The first kappa shape index (κ1) is 18.5. The lowest BCUT2D eigenvalue weighted by atomic mass is 10.0. The van der Waals surface area contributed by atoms with Gasteiger partial charge in [-0.1, -0.05) is 6.07 Å². The van der Waals surface area contributed by atoms with Gasteiger partial charge in [0.05, 0.1) is 13.0 Å². The van der Waals surface area contributed by atoms with Crippen LogP contribution in [-0.4, -0.2) is 55.3 Å². The van der Waals surface area contributed by atoms with E-state index in [1.54, 1.807) is 18.2 Å². The van der Waals surface area contributed by atoms with Crippen LogP contribution in [0.2, 0.25) is 0 Å². The van der Waals surface area contributed by atoms with E-state index in [1.165, 1.54) is 0 Å². The lowest BCUT2D eigenvalue weighted by molar-refractivity contribution is -0.131. The molecule has 2 N–H and O–H groups in total. The number of fused-ring (bicyclic) bond motifs is 1. The number of hydrogen-bond acceptors (Lipinski definition) is 6. The molecule has 0 bridgehead atoms. The summed E-state index contributed by atoms with van der Waals surface area (Å²) in [5.74, 6) is 0.988. The number of urea groups is 1. The van der Waals surface area contributed by atoms with E-state index in [2.05, 4.69) is 10.6 Å². The summed E-state index contributed by atoms with van der Waals surface area (Å²) in [5.41, 5.74) is 0.748. The summed E-state index contributed by atoms with van der Waals surface area (Å²) in [6, 6.07) is 3.94. The van der Waals surface area contributed by atoms with Crippen molar-refractivity contribution in [3.63, 3.8) is 0 Å². The molecule has 9 heteroatoms. The first-order chi connectivity index (χ1) is 13.6. The number of nitrogens with one attached hydrogen (secondary N) is 2. The van der Waals surface area contributed by atoms with Crippen LogP contribution in [0.4, 0.5) is 4.79 Å². The summed E-state index contributed by atoms with van der Waals surface area (Å²) in [4.78, 5) is 38.1. The van der Waals surface area contributed by atoms with E-state index < -0.39 is 18.0 Å². The summed E-state index contributed by atoms with van der Waals surface area (Å²) in [7, 11) is 0. The third-order valence-corrected chi connectivity index (χ3v) is 5.20. The molecule has 4 rings (SSSR count). The van der Waals surface area contributed by atoms with E-state index in [0.717, 1.165) is 23.3 Å². The van der Waals surface area contributed by atoms with Crippen molar-refractivity contribution in [2.45, 2.75) is 31.8 Å². The fourth-order valence-corrected chi connectivity index (χ4v) is 3.55. The molecule has 0 radical (unpaired) electrons. The monoisotopic (exact) mass is 389 g/mol. The fourth-order valence-electron chi connectivity index (χ4n) is 3.55. The van der Waals surface area contributed by atoms with E-state index >= 15 is 0 Å². The molecule has 28 heavy (non-hydrogen) atoms. The SMILES string of the molecule is O=C(C[C@@H]1NC(=O)N(Cc2ccc3c(c2)OCO3)C1=O)NCC1CCOCC1. The molecule has 3 aliphatic rings. The average molecular weight is 389 g/mol. The second-order valence-electron chi connectivity index (χ2n) is 7.18. The van der Waals surface area contributed by atoms with Gasteiger partial charge in [0, 0.05) is 19.8 Å². The highest BCUT2D eigenvalue weighted by Gasteiger charge is 2.39. The van der Waals surface area contributed by atoms with Crippen LogP contribution < -0.4 is 20.1 Å². The van der Waals surface area contributed by atoms with Crippen LogP contribution in [0.1, 0.15) is 24.8 Å². The van der Waals surface area contributed by atoms with Crippen molar-refractivity contribution in [1.82, 2.24) is 15.5 Å². The molecule has 0 aromatic heterocycles. The Balaban J connectivity index is 1.30. The molecule has 150 valence electrons. The molecular weight excluding hydrogens is 366 g/mol. The number of rotatable bonds is 6. The maximum atomic E-state index is 12.6. The summed E-state index contributed by atoms with van der Waals surface area (Å²) in [6.07, 6.45) is 1.77. The first-order valence-corrected chi connectivity index (χ1v) is 9.45. The second kappa shape index (κ2) is 8.05. The van der Waals surface area contributed by atoms with Crippen LogP contribution in [0.15, 0.2) is 18.2 Å². The number of carbonyl (C=O) groups is 3. The van der Waals surface area contributed by atoms with Crippen molar-refractivity contribution >= 4 is 17.8 Å². The summed E-state index contributed by atoms with van der Waals surface area (Å²) in [5, 5.41) is 5.46. The quantitative estimate of drug-likeness (QED) is 0.696. The Bertz CT molecular complexity index is 777. The Morgan fingerprint density at radius 1 is 1.18 bits per heavy atom. The van der Waals surface area contributed by atoms with E-state index in [4.69, 9.17) is 14.2 Å². The molecule has 2 fully saturated rings. The molecule has 0 aliphatic carbocycles. The summed E-state index contributed by atoms with van der Waals surface area (Å²) < 4.78 is 15.9. The van der Waals surface area contributed by atoms with E-state index in [0.29, 0.717) is 37.2 Å². The Morgan fingerprint density at radius 3 is 2.79 bits per heavy atom. The third kappa shape index (κ3) is 4.04. The van der Waals surface area contributed by atoms with Crippen molar-refractivity contribution in [2.75, 3.05) is 26.6 Å². The molecule has 0 spiro atoms. The zero-order valence-electron chi connectivity index (χ0n) is 15.4. The third-order valence-electron chi connectivity index (χ3n) is 5.20. The minimum absolute atomic E-state index is 0.0641. The molecule has 3 aliphatic heterocycles. The molecule has 4 amide bonds. The number of benzene rings is 1. The fraction of sp³-hybridized carbons (Fsp3) is 0.526. The van der Waals surface area contributed by atoms with Gasteiger partial charge >= 0.3 is 6.03 Å². The zero-order chi connectivity index (χ0) is 19.5. The van der Waals surface area contributed by atoms with Gasteiger partial charge in [-0.15, -0.1) is 0 Å². The van der Waals surface area contributed by atoms with Gasteiger partial charge in [0.2, 0.25) is 12.7 Å². The average Bonchev–Trinajstić information content (AvgIpc) is 3.27. The number of hydrogen-bond donors (Lipinski definition) is 2. The van der Waals surface area contributed by atoms with Gasteiger partial charge in [0.1, 0.15) is 6.04 Å². The van der Waals surface area contributed by atoms with Gasteiger partial charge in [0.15, 0.2) is 11.5 Å². The molecule has 0 unspecified atom stereocenters. The predicted molar refractivity (Wildman–Crippen MR) is 96.6 cm³/mol. The van der Waals surface area contributed by atoms with E-state index in [-0.39, 0.29) is 25.7 Å². The van der Waals surface area contributed by atoms with Gasteiger partial charge in [-0.3, -0.25) is 14.5 Å². The predicted octanol–water partition coefficient (Wildman–Crippen LogP) is 0.769. The number of nitrogens with zero attached hydrogens (tertiary/aromatic N) is 1. The van der Waals surface area contributed by atoms with Gasteiger partial charge in [-0.05, 0) is 36.5 Å². The van der Waals surface area contributed by atoms with Crippen molar-refractivity contribution in [1.29, 1.82) is 0 Å². The summed E-state index contributed by atoms with van der Waals surface area (Å²) in [6.45, 7) is 2.27. The van der Waals surface area contributed by atoms with Gasteiger partial charge in [0.25, 0.3) is 5.91 Å². The topological polar surface area (TPSA) is 106 Å². The normalized spacial score (nSPS) is 21.7. The van der Waals surface area contributed by atoms with Crippen molar-refractivity contribution in [3.05, 3.63) is 23.8 Å². The van der Waals surface area contributed by atoms with Gasteiger partial charge in [-0.25, -0.2) is 4.79 Å². The minimum atomic E-state index is -0.837. The molecule has 2 saturated heterocycles. The number of carbonyl (C=O) groups excluding carboxylic acids is 3. The van der Waals surface area contributed by atoms with Crippen LogP contribution in [0.3, 0.4) is 0 Å². The van der Waals surface area contributed by atoms with Crippen LogP contribution in [0.25, 0.3) is 0 Å². The van der Waals surface area contributed by atoms with Gasteiger partial charge in [-0.2, -0.15) is 0 Å². The highest BCUT2D eigenvalue weighted by atomic mass is 16.7. The zero-order valence-corrected chi connectivity index (χ0v) is 15.4. The molecule has 9 nitrogen and oxygen atoms in total. The Kier molecular flexibility index (Phi) is 5.34. The Labute approximate surface area is 162 Å². The van der Waals surface area contributed by atoms with Crippen molar-refractivity contribution in [2.24, 2.45) is 5.92 Å². The Hall–Kier alpha value is -2.81. The van der Waals surface area contributed by atoms with Crippen molar-refractivity contribution < 1.29 is 28.6 Å². The lowest BCUT2D eigenvalue weighted by Gasteiger charge is -2.22. The van der Waals surface area contributed by atoms with E-state index in [9.17, 15) is 14.4 Å². The van der Waals surface area contributed by atoms with Crippen LogP contribution in [0.5, 0.6) is 11.5 Å². The summed E-state index contributed by atoms with van der Waals surface area (Å²) >= 11 is 0. The molecule has 1 atom stereocenters. The smallest absolute Gasteiger partial charge is 0.325 e. The minimum Gasteiger partial charge on any atom is -0.454 e. The number of ether oxygens (including phenoxy) is 3. The van der Waals surface area contributed by atoms with Crippen LogP contribution in [-0.2, 0) is 20.9 Å². The highest BCUT2D eigenvalue weighted by Crippen LogP contribution is 2.33. The largest absolute Gasteiger partial charge is 0.454 e. The van der Waals surface area contributed by atoms with Crippen LogP contribution >= 0.6 is 0 Å². The molecule has 3 heterocycles. The van der Waals surface area contributed by atoms with Crippen molar-refractivity contribution in [3.8, 4) is 11.5 Å².